The van der Waals surface area contributed by atoms with E-state index in [-0.39, 0.29) is 18.7 Å². The summed E-state index contributed by atoms with van der Waals surface area (Å²) in [7, 11) is 0. The maximum atomic E-state index is 12.6. The van der Waals surface area contributed by atoms with Crippen molar-refractivity contribution >= 4 is 17.8 Å². The van der Waals surface area contributed by atoms with Gasteiger partial charge in [0.25, 0.3) is 0 Å². The Morgan fingerprint density at radius 2 is 1.81 bits per heavy atom. The highest BCUT2D eigenvalue weighted by atomic mass is 16.4. The fourth-order valence-electron chi connectivity index (χ4n) is 3.21. The predicted molar refractivity (Wildman–Crippen MR) is 78.4 cm³/mol. The second kappa shape index (κ2) is 7.43. The molecule has 2 amide bonds. The van der Waals surface area contributed by atoms with Crippen LogP contribution in [0.5, 0.6) is 0 Å². The van der Waals surface area contributed by atoms with Gasteiger partial charge >= 0.3 is 5.97 Å². The average molecular weight is 298 g/mol. The van der Waals surface area contributed by atoms with Gasteiger partial charge in [0.2, 0.25) is 11.8 Å². The number of nitrogens with one attached hydrogen (secondary N) is 1. The highest BCUT2D eigenvalue weighted by Crippen LogP contribution is 2.43. The molecule has 1 atom stereocenters. The van der Waals surface area contributed by atoms with Crippen LogP contribution in [0.15, 0.2) is 0 Å². The molecular formula is C15H26N2O4. The van der Waals surface area contributed by atoms with E-state index in [4.69, 9.17) is 5.73 Å². The number of carbonyl (C=O) groups is 3. The Hall–Kier alpha value is -1.59. The molecule has 0 aromatic heterocycles. The van der Waals surface area contributed by atoms with Crippen LogP contribution in [0.25, 0.3) is 0 Å². The van der Waals surface area contributed by atoms with Gasteiger partial charge in [0.1, 0.15) is 6.04 Å². The van der Waals surface area contributed by atoms with Crippen molar-refractivity contribution in [2.24, 2.45) is 17.1 Å². The van der Waals surface area contributed by atoms with Crippen LogP contribution in [0, 0.1) is 11.3 Å². The molecule has 4 N–H and O–H groups in total. The molecular weight excluding hydrogens is 272 g/mol. The van der Waals surface area contributed by atoms with E-state index < -0.39 is 23.3 Å². The van der Waals surface area contributed by atoms with E-state index in [9.17, 15) is 19.5 Å². The minimum absolute atomic E-state index is 0.0359. The van der Waals surface area contributed by atoms with Gasteiger partial charge < -0.3 is 16.2 Å². The third-order valence-corrected chi connectivity index (χ3v) is 4.12. The van der Waals surface area contributed by atoms with Crippen LogP contribution in [0.3, 0.4) is 0 Å². The van der Waals surface area contributed by atoms with Crippen LogP contribution < -0.4 is 11.1 Å². The summed E-state index contributed by atoms with van der Waals surface area (Å²) in [6.07, 6.45) is 4.36. The molecule has 1 aliphatic carbocycles. The number of hydrogen-bond donors (Lipinski definition) is 3. The minimum Gasteiger partial charge on any atom is -0.480 e. The number of hydrogen-bond acceptors (Lipinski definition) is 3. The van der Waals surface area contributed by atoms with E-state index in [0.29, 0.717) is 5.92 Å². The van der Waals surface area contributed by atoms with Gasteiger partial charge in [-0.3, -0.25) is 9.59 Å². The number of amides is 2. The minimum atomic E-state index is -1.12. The molecule has 0 spiro atoms. The number of carbonyl (C=O) groups excluding carboxylic acids is 2. The molecule has 0 radical (unpaired) electrons. The van der Waals surface area contributed by atoms with Crippen molar-refractivity contribution in [3.05, 3.63) is 0 Å². The first-order valence-corrected chi connectivity index (χ1v) is 7.59. The summed E-state index contributed by atoms with van der Waals surface area (Å²) < 4.78 is 0. The molecule has 0 aromatic rings. The van der Waals surface area contributed by atoms with Gasteiger partial charge in [0.15, 0.2) is 0 Å². The second-order valence-electron chi connectivity index (χ2n) is 6.45. The van der Waals surface area contributed by atoms with Gasteiger partial charge in [-0.15, -0.1) is 0 Å². The first-order chi connectivity index (χ1) is 9.77. The van der Waals surface area contributed by atoms with Gasteiger partial charge in [-0.25, -0.2) is 4.79 Å². The zero-order valence-electron chi connectivity index (χ0n) is 12.9. The molecule has 0 aromatic carbocycles. The third kappa shape index (κ3) is 5.02. The summed E-state index contributed by atoms with van der Waals surface area (Å²) in [5, 5.41) is 11.8. The number of carboxylic acids is 1. The first kappa shape index (κ1) is 17.5. The molecule has 1 rings (SSSR count). The predicted octanol–water partition coefficient (Wildman–Crippen LogP) is 1.43. The lowest BCUT2D eigenvalue weighted by Gasteiger charge is -2.31. The number of nitrogens with two attached hydrogens (primary N) is 1. The molecule has 21 heavy (non-hydrogen) atoms. The number of rotatable bonds is 8. The van der Waals surface area contributed by atoms with Crippen molar-refractivity contribution in [1.29, 1.82) is 0 Å². The summed E-state index contributed by atoms with van der Waals surface area (Å²) in [6.45, 7) is 4.13. The van der Waals surface area contributed by atoms with Crippen LogP contribution >= 0.6 is 0 Å². The molecule has 6 nitrogen and oxygen atoms in total. The molecule has 0 saturated heterocycles. The van der Waals surface area contributed by atoms with E-state index in [1.54, 1.807) is 0 Å². The SMILES string of the molecule is CC(C)CC1(C(=O)N[C@H](CCC(N)=O)C(=O)O)CCCC1. The van der Waals surface area contributed by atoms with Crippen LogP contribution in [0.1, 0.15) is 58.8 Å². The summed E-state index contributed by atoms with van der Waals surface area (Å²) in [4.78, 5) is 34.6. The van der Waals surface area contributed by atoms with Gasteiger partial charge in [-0.1, -0.05) is 26.7 Å². The molecule has 120 valence electrons. The zero-order chi connectivity index (χ0) is 16.0. The molecule has 1 fully saturated rings. The maximum Gasteiger partial charge on any atom is 0.326 e. The van der Waals surface area contributed by atoms with Crippen molar-refractivity contribution in [3.63, 3.8) is 0 Å². The van der Waals surface area contributed by atoms with Crippen molar-refractivity contribution in [1.82, 2.24) is 5.32 Å². The van der Waals surface area contributed by atoms with Gasteiger partial charge in [-0.2, -0.15) is 0 Å². The zero-order valence-corrected chi connectivity index (χ0v) is 12.9. The number of carboxylic acid groups (broad SMARTS) is 1. The molecule has 1 aliphatic rings. The quantitative estimate of drug-likeness (QED) is 0.629. The van der Waals surface area contributed by atoms with E-state index in [2.05, 4.69) is 19.2 Å². The Morgan fingerprint density at radius 3 is 2.24 bits per heavy atom. The highest BCUT2D eigenvalue weighted by Gasteiger charge is 2.42. The summed E-state index contributed by atoms with van der Waals surface area (Å²) >= 11 is 0. The smallest absolute Gasteiger partial charge is 0.326 e. The highest BCUT2D eigenvalue weighted by molar-refractivity contribution is 5.88. The van der Waals surface area contributed by atoms with Crippen LogP contribution in [0.2, 0.25) is 0 Å². The van der Waals surface area contributed by atoms with Crippen LogP contribution in [0.4, 0.5) is 0 Å². The maximum absolute atomic E-state index is 12.6. The number of primary amides is 1. The third-order valence-electron chi connectivity index (χ3n) is 4.12. The standard InChI is InChI=1S/C15H26N2O4/c1-10(2)9-15(7-3-4-8-15)14(21)17-11(13(19)20)5-6-12(16)18/h10-11H,3-9H2,1-2H3,(H2,16,18)(H,17,21)(H,19,20)/t11-/m1/s1. The fourth-order valence-corrected chi connectivity index (χ4v) is 3.21. The van der Waals surface area contributed by atoms with Crippen molar-refractivity contribution in [3.8, 4) is 0 Å². The normalized spacial score (nSPS) is 18.4. The molecule has 0 aliphatic heterocycles. The van der Waals surface area contributed by atoms with Crippen molar-refractivity contribution in [2.45, 2.75) is 64.8 Å². The van der Waals surface area contributed by atoms with E-state index >= 15 is 0 Å². The Labute approximate surface area is 125 Å². The Morgan fingerprint density at radius 1 is 1.24 bits per heavy atom. The first-order valence-electron chi connectivity index (χ1n) is 7.59. The lowest BCUT2D eigenvalue weighted by atomic mass is 9.77. The van der Waals surface area contributed by atoms with E-state index in [1.165, 1.54) is 0 Å². The summed E-state index contributed by atoms with van der Waals surface area (Å²) in [6, 6.07) is -1.05. The average Bonchev–Trinajstić information content (AvgIpc) is 2.82. The Bertz CT molecular complexity index is 400. The van der Waals surface area contributed by atoms with Crippen molar-refractivity contribution in [2.75, 3.05) is 0 Å². The molecule has 0 unspecified atom stereocenters. The van der Waals surface area contributed by atoms with Gasteiger partial charge in [0, 0.05) is 11.8 Å². The molecule has 0 bridgehead atoms. The summed E-state index contributed by atoms with van der Waals surface area (Å²) in [5.74, 6) is -1.50. The molecule has 6 heteroatoms. The lowest BCUT2D eigenvalue weighted by Crippen LogP contribution is -2.48. The Balaban J connectivity index is 2.73. The second-order valence-corrected chi connectivity index (χ2v) is 6.45. The largest absolute Gasteiger partial charge is 0.480 e. The number of aliphatic carboxylic acids is 1. The van der Waals surface area contributed by atoms with Gasteiger partial charge in [-0.05, 0) is 31.6 Å². The van der Waals surface area contributed by atoms with E-state index in [0.717, 1.165) is 32.1 Å². The van der Waals surface area contributed by atoms with Gasteiger partial charge in [0.05, 0.1) is 0 Å². The topological polar surface area (TPSA) is 109 Å². The van der Waals surface area contributed by atoms with Crippen LogP contribution in [-0.2, 0) is 14.4 Å². The summed E-state index contributed by atoms with van der Waals surface area (Å²) in [5.41, 5.74) is 4.59. The molecule has 0 heterocycles. The Kier molecular flexibility index (Phi) is 6.18. The fraction of sp³-hybridized carbons (Fsp3) is 0.800. The van der Waals surface area contributed by atoms with E-state index in [1.807, 2.05) is 0 Å². The van der Waals surface area contributed by atoms with Crippen molar-refractivity contribution < 1.29 is 19.5 Å². The van der Waals surface area contributed by atoms with Crippen LogP contribution in [-0.4, -0.2) is 28.9 Å². The monoisotopic (exact) mass is 298 g/mol. The molecule has 1 saturated carbocycles. The lowest BCUT2D eigenvalue weighted by molar-refractivity contribution is -0.144.